The van der Waals surface area contributed by atoms with E-state index in [0.717, 1.165) is 12.8 Å². The van der Waals surface area contributed by atoms with Crippen LogP contribution in [0.15, 0.2) is 91.0 Å². The van der Waals surface area contributed by atoms with Gasteiger partial charge < -0.3 is 33.3 Å². The molecule has 4 heterocycles. The number of carboxylic acid groups (broad SMARTS) is 1. The maximum Gasteiger partial charge on any atom is 0.430 e. The van der Waals surface area contributed by atoms with Gasteiger partial charge in [0.05, 0.1) is 31.1 Å². The number of aliphatic carboxylic acids is 1. The minimum atomic E-state index is -5.19. The summed E-state index contributed by atoms with van der Waals surface area (Å²) in [6.45, 7) is 3.55. The highest BCUT2D eigenvalue weighted by molar-refractivity contribution is 5.86. The van der Waals surface area contributed by atoms with Gasteiger partial charge in [0.15, 0.2) is 0 Å². The number of ether oxygens (including phenoxy) is 4. The van der Waals surface area contributed by atoms with Crippen molar-refractivity contribution in [2.24, 2.45) is 5.92 Å². The summed E-state index contributed by atoms with van der Waals surface area (Å²) >= 11 is 0. The van der Waals surface area contributed by atoms with Crippen LogP contribution in [-0.4, -0.2) is 73.1 Å². The highest BCUT2D eigenvalue weighted by atomic mass is 19.4. The van der Waals surface area contributed by atoms with Crippen molar-refractivity contribution in [3.8, 4) is 0 Å². The van der Waals surface area contributed by atoms with Crippen molar-refractivity contribution >= 4 is 17.9 Å². The third-order valence-corrected chi connectivity index (χ3v) is 11.0. The first-order valence-corrected chi connectivity index (χ1v) is 18.0. The van der Waals surface area contributed by atoms with Crippen LogP contribution in [0, 0.1) is 5.92 Å². The maximum absolute atomic E-state index is 14.9. The third kappa shape index (κ3) is 8.04. The van der Waals surface area contributed by atoms with Crippen LogP contribution in [0.25, 0.3) is 0 Å². The largest absolute Gasteiger partial charge is 0.542 e. The molecular weight excluding hydrogens is 679 g/mol. The van der Waals surface area contributed by atoms with Crippen molar-refractivity contribution < 1.29 is 56.1 Å². The lowest BCUT2D eigenvalue weighted by atomic mass is 9.85. The van der Waals surface area contributed by atoms with Gasteiger partial charge in [0.1, 0.15) is 12.1 Å². The van der Waals surface area contributed by atoms with Crippen LogP contribution in [0.1, 0.15) is 74.3 Å². The molecule has 7 rings (SSSR count). The molecular formula is C40H44F3NO8. The van der Waals surface area contributed by atoms with Gasteiger partial charge >= 0.3 is 18.1 Å². The Morgan fingerprint density at radius 2 is 1.23 bits per heavy atom. The predicted octanol–water partition coefficient (Wildman–Crippen LogP) is 5.76. The molecule has 4 aliphatic heterocycles. The first kappa shape index (κ1) is 37.5. The zero-order chi connectivity index (χ0) is 36.8. The number of carbonyl (C=O) groups is 3. The zero-order valence-electron chi connectivity index (χ0n) is 28.9. The first-order chi connectivity index (χ1) is 25.0. The molecule has 4 saturated heterocycles. The minimum absolute atomic E-state index is 0.185. The highest BCUT2D eigenvalue weighted by Gasteiger charge is 2.57. The summed E-state index contributed by atoms with van der Waals surface area (Å²) in [5.41, 5.74) is 0.241. The summed E-state index contributed by atoms with van der Waals surface area (Å²) in [6, 6.07) is 29.5. The number of hydrogen-bond donors (Lipinski definition) is 0. The van der Waals surface area contributed by atoms with E-state index in [1.165, 1.54) is 43.3 Å². The minimum Gasteiger partial charge on any atom is -0.542 e. The Morgan fingerprint density at radius 1 is 0.750 bits per heavy atom. The molecule has 4 fully saturated rings. The van der Waals surface area contributed by atoms with Crippen LogP contribution < -0.4 is 5.11 Å². The van der Waals surface area contributed by atoms with Gasteiger partial charge in [-0.15, -0.1) is 0 Å². The molecule has 52 heavy (non-hydrogen) atoms. The molecule has 0 amide bonds. The van der Waals surface area contributed by atoms with E-state index in [1.54, 1.807) is 0 Å². The standard InChI is InChI=1S/C38H44NO6.C2HF3O2/c40-35(28-20-24-42-25-21-28)44-36(29-12-4-1-5-13-29)45-38(30-14-6-2-7-15-30,31-16-8-3-9-17-31)37(41)43-34-26-32-18-19-33(27-34)39(32)22-10-11-23-39;3-2(4,5)1(6)7/h1-9,12-17,28,32-34,36H,10-11,18-27H2;(H,6,7)/q+1;/p-1. The number of alkyl halides is 3. The molecule has 0 N–H and O–H groups in total. The first-order valence-electron chi connectivity index (χ1n) is 18.0. The van der Waals surface area contributed by atoms with Gasteiger partial charge in [-0.05, 0) is 24.0 Å². The van der Waals surface area contributed by atoms with Crippen LogP contribution in [0.2, 0.25) is 0 Å². The fourth-order valence-corrected chi connectivity index (χ4v) is 8.54. The number of halogens is 3. The normalized spacial score (nSPS) is 23.2. The van der Waals surface area contributed by atoms with E-state index in [9.17, 15) is 22.8 Å². The molecule has 278 valence electrons. The van der Waals surface area contributed by atoms with E-state index in [0.29, 0.717) is 54.8 Å². The van der Waals surface area contributed by atoms with Crippen molar-refractivity contribution in [2.45, 2.75) is 87.6 Å². The smallest absolute Gasteiger partial charge is 0.430 e. The third-order valence-electron chi connectivity index (χ3n) is 11.0. The van der Waals surface area contributed by atoms with Gasteiger partial charge in [-0.25, -0.2) is 4.79 Å². The number of esters is 2. The van der Waals surface area contributed by atoms with Crippen LogP contribution >= 0.6 is 0 Å². The molecule has 3 unspecified atom stereocenters. The summed E-state index contributed by atoms with van der Waals surface area (Å²) in [5, 5.41) is 8.78. The fourth-order valence-electron chi connectivity index (χ4n) is 8.54. The SMILES string of the molecule is O=C(OC(OC(C(=O)OC1CC2CCC(C1)[N+]21CCCC1)(c1ccccc1)c1ccccc1)c1ccccc1)C1CCOCC1.O=C([O-])C(F)(F)F. The molecule has 3 atom stereocenters. The number of rotatable bonds is 9. The average Bonchev–Trinajstić information content (AvgIpc) is 3.71. The summed E-state index contributed by atoms with van der Waals surface area (Å²) in [5.74, 6) is -4.11. The topological polar surface area (TPSA) is 111 Å². The molecule has 3 aromatic rings. The maximum atomic E-state index is 14.9. The summed E-state index contributed by atoms with van der Waals surface area (Å²) in [6.07, 6.45) is 1.42. The molecule has 0 aliphatic carbocycles. The Kier molecular flexibility index (Phi) is 11.7. The molecule has 3 aromatic carbocycles. The number of piperidine rings is 1. The van der Waals surface area contributed by atoms with E-state index in [4.69, 9.17) is 28.8 Å². The number of quaternary nitrogens is 1. The van der Waals surface area contributed by atoms with Crippen molar-refractivity contribution in [3.05, 3.63) is 108 Å². The highest BCUT2D eigenvalue weighted by Crippen LogP contribution is 2.48. The lowest BCUT2D eigenvalue weighted by Gasteiger charge is -2.47. The summed E-state index contributed by atoms with van der Waals surface area (Å²) in [7, 11) is 0. The van der Waals surface area contributed by atoms with Crippen molar-refractivity contribution in [1.29, 1.82) is 0 Å². The number of carbonyl (C=O) groups excluding carboxylic acids is 3. The van der Waals surface area contributed by atoms with Crippen molar-refractivity contribution in [1.82, 2.24) is 0 Å². The van der Waals surface area contributed by atoms with E-state index >= 15 is 0 Å². The van der Waals surface area contributed by atoms with E-state index in [1.807, 2.05) is 91.0 Å². The number of benzene rings is 3. The predicted molar refractivity (Wildman–Crippen MR) is 180 cm³/mol. The van der Waals surface area contributed by atoms with Crippen LogP contribution in [0.4, 0.5) is 13.2 Å². The summed E-state index contributed by atoms with van der Waals surface area (Å²) in [4.78, 5) is 37.3. The van der Waals surface area contributed by atoms with Crippen LogP contribution in [0.3, 0.4) is 0 Å². The van der Waals surface area contributed by atoms with Crippen molar-refractivity contribution in [2.75, 3.05) is 26.3 Å². The van der Waals surface area contributed by atoms with Gasteiger partial charge in [0.2, 0.25) is 11.9 Å². The van der Waals surface area contributed by atoms with Gasteiger partial charge in [-0.2, -0.15) is 13.2 Å². The number of nitrogens with zero attached hydrogens (tertiary/aromatic N) is 1. The van der Waals surface area contributed by atoms with E-state index < -0.39 is 30.0 Å². The number of hydrogen-bond acceptors (Lipinski definition) is 8. The fraction of sp³-hybridized carbons (Fsp3) is 0.475. The molecule has 2 bridgehead atoms. The molecule has 1 spiro atoms. The molecule has 0 radical (unpaired) electrons. The monoisotopic (exact) mass is 723 g/mol. The lowest BCUT2D eigenvalue weighted by molar-refractivity contribution is -0.956. The van der Waals surface area contributed by atoms with Crippen LogP contribution in [0.5, 0.6) is 0 Å². The van der Waals surface area contributed by atoms with Gasteiger partial charge in [0.25, 0.3) is 0 Å². The Morgan fingerprint density at radius 3 is 1.71 bits per heavy atom. The lowest BCUT2D eigenvalue weighted by Crippen LogP contribution is -2.60. The van der Waals surface area contributed by atoms with Gasteiger partial charge in [0, 0.05) is 57.3 Å². The number of carboxylic acids is 1. The van der Waals surface area contributed by atoms with Gasteiger partial charge in [-0.3, -0.25) is 4.79 Å². The van der Waals surface area contributed by atoms with E-state index in [-0.39, 0.29) is 18.0 Å². The molecule has 0 saturated carbocycles. The molecule has 4 aliphatic rings. The second-order valence-corrected chi connectivity index (χ2v) is 14.0. The second-order valence-electron chi connectivity index (χ2n) is 14.0. The average molecular weight is 724 g/mol. The Bertz CT molecular complexity index is 1590. The molecule has 12 heteroatoms. The molecule has 9 nitrogen and oxygen atoms in total. The Balaban J connectivity index is 0.000000604. The summed E-state index contributed by atoms with van der Waals surface area (Å²) < 4.78 is 58.0. The molecule has 0 aromatic heterocycles. The van der Waals surface area contributed by atoms with E-state index in [2.05, 4.69) is 0 Å². The Labute approximate surface area is 301 Å². The Hall–Kier alpha value is -4.26. The zero-order valence-corrected chi connectivity index (χ0v) is 28.9. The van der Waals surface area contributed by atoms with Crippen LogP contribution in [-0.2, 0) is 38.9 Å². The second kappa shape index (κ2) is 16.2. The van der Waals surface area contributed by atoms with Gasteiger partial charge in [-0.1, -0.05) is 91.0 Å². The van der Waals surface area contributed by atoms with Crippen molar-refractivity contribution in [3.63, 3.8) is 0 Å². The quantitative estimate of drug-likeness (QED) is 0.156.